The van der Waals surface area contributed by atoms with Crippen LogP contribution in [0.4, 0.5) is 16.2 Å². The van der Waals surface area contributed by atoms with E-state index in [9.17, 15) is 9.59 Å². The highest BCUT2D eigenvalue weighted by atomic mass is 32.2. The van der Waals surface area contributed by atoms with Crippen molar-refractivity contribution in [3.8, 4) is 0 Å². The summed E-state index contributed by atoms with van der Waals surface area (Å²) in [5.41, 5.74) is 2.60. The second-order valence-electron chi connectivity index (χ2n) is 5.37. The molecule has 3 rings (SSSR count). The minimum atomic E-state index is -0.518. The van der Waals surface area contributed by atoms with Gasteiger partial charge in [-0.3, -0.25) is 9.59 Å². The van der Waals surface area contributed by atoms with Crippen LogP contribution in [0.15, 0.2) is 54.6 Å². The zero-order chi connectivity index (χ0) is 16.4. The van der Waals surface area contributed by atoms with Crippen molar-refractivity contribution in [2.24, 2.45) is 0 Å². The SMILES string of the molecule is CCN(c1ccccc1)C1SC(=O)N(c2cccc(C)c2)C1=O. The number of rotatable bonds is 4. The van der Waals surface area contributed by atoms with Gasteiger partial charge in [0.25, 0.3) is 11.1 Å². The van der Waals surface area contributed by atoms with Crippen molar-refractivity contribution in [2.75, 3.05) is 16.3 Å². The Bertz CT molecular complexity index is 733. The Hall–Kier alpha value is -2.27. The molecule has 0 spiro atoms. The number of carbonyl (C=O) groups is 2. The van der Waals surface area contributed by atoms with Crippen LogP contribution in [0, 0.1) is 6.92 Å². The lowest BCUT2D eigenvalue weighted by Crippen LogP contribution is -2.41. The first-order chi connectivity index (χ1) is 11.1. The Kier molecular flexibility index (Phi) is 4.39. The fourth-order valence-corrected chi connectivity index (χ4v) is 3.79. The van der Waals surface area contributed by atoms with Crippen molar-refractivity contribution in [3.05, 3.63) is 60.2 Å². The quantitative estimate of drug-likeness (QED) is 0.850. The highest BCUT2D eigenvalue weighted by molar-refractivity contribution is 8.16. The van der Waals surface area contributed by atoms with Gasteiger partial charge in [0.2, 0.25) is 0 Å². The van der Waals surface area contributed by atoms with Gasteiger partial charge < -0.3 is 4.90 Å². The molecule has 0 aromatic heterocycles. The molecule has 1 unspecified atom stereocenters. The normalized spacial score (nSPS) is 17.7. The van der Waals surface area contributed by atoms with Gasteiger partial charge in [0.05, 0.1) is 5.69 Å². The summed E-state index contributed by atoms with van der Waals surface area (Å²) < 4.78 is 0. The number of thioether (sulfide) groups is 1. The number of imide groups is 1. The maximum Gasteiger partial charge on any atom is 0.295 e. The van der Waals surface area contributed by atoms with Gasteiger partial charge in [-0.1, -0.05) is 30.3 Å². The maximum absolute atomic E-state index is 12.8. The summed E-state index contributed by atoms with van der Waals surface area (Å²) in [6.45, 7) is 4.59. The third-order valence-corrected chi connectivity index (χ3v) is 4.86. The van der Waals surface area contributed by atoms with Gasteiger partial charge in [-0.2, -0.15) is 0 Å². The van der Waals surface area contributed by atoms with Gasteiger partial charge in [0, 0.05) is 12.2 Å². The average molecular weight is 326 g/mol. The van der Waals surface area contributed by atoms with Gasteiger partial charge in [0.15, 0.2) is 5.37 Å². The van der Waals surface area contributed by atoms with E-state index in [0.717, 1.165) is 23.0 Å². The lowest BCUT2D eigenvalue weighted by atomic mass is 10.2. The summed E-state index contributed by atoms with van der Waals surface area (Å²) in [5.74, 6) is -0.184. The number of carbonyl (C=O) groups excluding carboxylic acids is 2. The molecule has 118 valence electrons. The van der Waals surface area contributed by atoms with E-state index < -0.39 is 5.37 Å². The molecule has 2 aromatic rings. The molecule has 1 atom stereocenters. The molecule has 4 nitrogen and oxygen atoms in total. The second-order valence-corrected chi connectivity index (χ2v) is 6.40. The molecule has 0 radical (unpaired) electrons. The van der Waals surface area contributed by atoms with Crippen molar-refractivity contribution < 1.29 is 9.59 Å². The van der Waals surface area contributed by atoms with Gasteiger partial charge >= 0.3 is 0 Å². The van der Waals surface area contributed by atoms with Crippen molar-refractivity contribution in [1.29, 1.82) is 0 Å². The molecule has 2 aromatic carbocycles. The van der Waals surface area contributed by atoms with Crippen LogP contribution < -0.4 is 9.80 Å². The number of amides is 2. The topological polar surface area (TPSA) is 40.6 Å². The van der Waals surface area contributed by atoms with E-state index >= 15 is 0 Å². The van der Waals surface area contributed by atoms with Crippen molar-refractivity contribution >= 4 is 34.3 Å². The van der Waals surface area contributed by atoms with Crippen LogP contribution in [-0.4, -0.2) is 23.1 Å². The van der Waals surface area contributed by atoms with Crippen molar-refractivity contribution in [3.63, 3.8) is 0 Å². The fourth-order valence-electron chi connectivity index (χ4n) is 2.70. The monoisotopic (exact) mass is 326 g/mol. The highest BCUT2D eigenvalue weighted by Gasteiger charge is 2.43. The first kappa shape index (κ1) is 15.6. The van der Waals surface area contributed by atoms with Crippen LogP contribution in [0.2, 0.25) is 0 Å². The molecule has 0 aliphatic carbocycles. The van der Waals surface area contributed by atoms with Gasteiger partial charge in [0.1, 0.15) is 0 Å². The molecule has 1 saturated heterocycles. The van der Waals surface area contributed by atoms with E-state index in [1.807, 2.05) is 67.3 Å². The predicted molar refractivity (Wildman–Crippen MR) is 94.9 cm³/mol. The molecule has 0 saturated carbocycles. The highest BCUT2D eigenvalue weighted by Crippen LogP contribution is 2.35. The number of hydrogen-bond acceptors (Lipinski definition) is 4. The number of anilines is 2. The third kappa shape index (κ3) is 2.97. The predicted octanol–water partition coefficient (Wildman–Crippen LogP) is 4.05. The van der Waals surface area contributed by atoms with Crippen LogP contribution in [0.5, 0.6) is 0 Å². The van der Waals surface area contributed by atoms with Crippen LogP contribution in [0.3, 0.4) is 0 Å². The molecule has 0 bridgehead atoms. The van der Waals surface area contributed by atoms with E-state index in [1.165, 1.54) is 4.90 Å². The number of benzene rings is 2. The third-order valence-electron chi connectivity index (χ3n) is 3.80. The van der Waals surface area contributed by atoms with Crippen molar-refractivity contribution in [2.45, 2.75) is 19.2 Å². The minimum absolute atomic E-state index is 0.184. The van der Waals surface area contributed by atoms with Crippen LogP contribution in [-0.2, 0) is 4.79 Å². The number of likely N-dealkylation sites (N-methyl/N-ethyl adjacent to an activating group) is 1. The molecule has 1 heterocycles. The lowest BCUT2D eigenvalue weighted by Gasteiger charge is -2.27. The number of para-hydroxylation sites is 1. The maximum atomic E-state index is 12.8. The van der Waals surface area contributed by atoms with E-state index in [-0.39, 0.29) is 11.1 Å². The smallest absolute Gasteiger partial charge is 0.295 e. The molecular formula is C18H18N2O2S. The summed E-state index contributed by atoms with van der Waals surface area (Å²) in [4.78, 5) is 28.5. The molecule has 5 heteroatoms. The first-order valence-electron chi connectivity index (χ1n) is 7.54. The van der Waals surface area contributed by atoms with Gasteiger partial charge in [-0.05, 0) is 55.4 Å². The largest absolute Gasteiger partial charge is 0.351 e. The Morgan fingerprint density at radius 1 is 1.09 bits per heavy atom. The molecular weight excluding hydrogens is 308 g/mol. The Morgan fingerprint density at radius 2 is 1.83 bits per heavy atom. The summed E-state index contributed by atoms with van der Waals surface area (Å²) in [6.07, 6.45) is 0. The molecule has 1 fully saturated rings. The summed E-state index contributed by atoms with van der Waals surface area (Å²) in [6, 6.07) is 17.2. The zero-order valence-electron chi connectivity index (χ0n) is 13.1. The standard InChI is InChI=1S/C18H18N2O2S/c1-3-19(14-9-5-4-6-10-14)17-16(21)20(18(22)23-17)15-11-7-8-13(2)12-15/h4-12,17H,3H2,1-2H3. The average Bonchev–Trinajstić information content (AvgIpc) is 2.84. The zero-order valence-corrected chi connectivity index (χ0v) is 13.9. The number of hydrogen-bond donors (Lipinski definition) is 0. The first-order valence-corrected chi connectivity index (χ1v) is 8.42. The molecule has 2 amide bonds. The summed E-state index contributed by atoms with van der Waals surface area (Å²) in [7, 11) is 0. The minimum Gasteiger partial charge on any atom is -0.351 e. The van der Waals surface area contributed by atoms with E-state index in [4.69, 9.17) is 0 Å². The van der Waals surface area contributed by atoms with Crippen LogP contribution >= 0.6 is 11.8 Å². The molecule has 1 aliphatic heterocycles. The molecule has 0 N–H and O–H groups in total. The van der Waals surface area contributed by atoms with E-state index in [1.54, 1.807) is 6.07 Å². The second kappa shape index (κ2) is 6.46. The lowest BCUT2D eigenvalue weighted by molar-refractivity contribution is -0.117. The van der Waals surface area contributed by atoms with Crippen LogP contribution in [0.1, 0.15) is 12.5 Å². The van der Waals surface area contributed by atoms with Gasteiger partial charge in [-0.25, -0.2) is 4.90 Å². The Balaban J connectivity index is 1.91. The van der Waals surface area contributed by atoms with E-state index in [2.05, 4.69) is 0 Å². The summed E-state index contributed by atoms with van der Waals surface area (Å²) >= 11 is 1.07. The Labute approximate surface area is 140 Å². The van der Waals surface area contributed by atoms with Crippen molar-refractivity contribution in [1.82, 2.24) is 0 Å². The van der Waals surface area contributed by atoms with E-state index in [0.29, 0.717) is 12.2 Å². The molecule has 1 aliphatic rings. The molecule has 23 heavy (non-hydrogen) atoms. The fraction of sp³-hybridized carbons (Fsp3) is 0.222. The summed E-state index contributed by atoms with van der Waals surface area (Å²) in [5, 5.41) is -0.740. The Morgan fingerprint density at radius 3 is 2.48 bits per heavy atom. The number of nitrogens with zero attached hydrogens (tertiary/aromatic N) is 2. The van der Waals surface area contributed by atoms with Crippen LogP contribution in [0.25, 0.3) is 0 Å². The number of aryl methyl sites for hydroxylation is 1. The van der Waals surface area contributed by atoms with Gasteiger partial charge in [-0.15, -0.1) is 0 Å².